The maximum absolute atomic E-state index is 12.2. The van der Waals surface area contributed by atoms with Crippen molar-refractivity contribution in [2.24, 2.45) is 0 Å². The number of imidazole rings is 1. The van der Waals surface area contributed by atoms with E-state index in [1.807, 2.05) is 73.0 Å². The monoisotopic (exact) mass is 379 g/mol. The summed E-state index contributed by atoms with van der Waals surface area (Å²) in [6, 6.07) is 17.3. The average molecular weight is 379 g/mol. The largest absolute Gasteiger partial charge is 0.462 e. The van der Waals surface area contributed by atoms with Gasteiger partial charge in [-0.05, 0) is 31.5 Å². The molecule has 0 spiro atoms. The Balaban J connectivity index is 1.65. The van der Waals surface area contributed by atoms with Crippen LogP contribution in [0.4, 0.5) is 0 Å². The number of nitrogens with one attached hydrogen (secondary N) is 1. The Labute approximate surface area is 164 Å². The van der Waals surface area contributed by atoms with E-state index < -0.39 is 0 Å². The zero-order valence-corrected chi connectivity index (χ0v) is 16.2. The number of benzene rings is 2. The van der Waals surface area contributed by atoms with Gasteiger partial charge in [-0.1, -0.05) is 42.5 Å². The highest BCUT2D eigenvalue weighted by Crippen LogP contribution is 2.16. The molecule has 1 N–H and O–H groups in total. The molecule has 2 aromatic carbocycles. The number of carbonyl (C=O) groups excluding carboxylic acids is 2. The zero-order chi connectivity index (χ0) is 19.9. The molecule has 1 amide bonds. The first-order valence-electron chi connectivity index (χ1n) is 9.47. The zero-order valence-electron chi connectivity index (χ0n) is 16.2. The third kappa shape index (κ3) is 5.19. The van der Waals surface area contributed by atoms with Crippen LogP contribution in [0, 0.1) is 0 Å². The lowest BCUT2D eigenvalue weighted by atomic mass is 10.1. The summed E-state index contributed by atoms with van der Waals surface area (Å²) >= 11 is 0. The molecule has 146 valence electrons. The fourth-order valence-electron chi connectivity index (χ4n) is 3.08. The third-order valence-electron chi connectivity index (χ3n) is 4.27. The molecule has 0 radical (unpaired) electrons. The third-order valence-corrected chi connectivity index (χ3v) is 4.27. The lowest BCUT2D eigenvalue weighted by Gasteiger charge is -2.12. The molecule has 3 rings (SSSR count). The topological polar surface area (TPSA) is 73.2 Å². The van der Waals surface area contributed by atoms with Gasteiger partial charge in [-0.25, -0.2) is 4.98 Å². The SMILES string of the molecule is CC(C)OC(=O)Cn1c(CCNC(=O)Cc2ccccc2)nc2ccccc21. The van der Waals surface area contributed by atoms with E-state index in [0.717, 1.165) is 22.4 Å². The summed E-state index contributed by atoms with van der Waals surface area (Å²) in [7, 11) is 0. The van der Waals surface area contributed by atoms with Crippen LogP contribution in [0.2, 0.25) is 0 Å². The van der Waals surface area contributed by atoms with E-state index in [2.05, 4.69) is 10.3 Å². The first kappa shape index (κ1) is 19.6. The highest BCUT2D eigenvalue weighted by atomic mass is 16.5. The van der Waals surface area contributed by atoms with Gasteiger partial charge in [0.2, 0.25) is 5.91 Å². The van der Waals surface area contributed by atoms with Crippen LogP contribution in [-0.2, 0) is 33.7 Å². The van der Waals surface area contributed by atoms with Gasteiger partial charge in [0.05, 0.1) is 23.6 Å². The van der Waals surface area contributed by atoms with Gasteiger partial charge >= 0.3 is 5.97 Å². The quantitative estimate of drug-likeness (QED) is 0.611. The molecular formula is C22H25N3O3. The lowest BCUT2D eigenvalue weighted by molar-refractivity contribution is -0.148. The molecule has 0 saturated heterocycles. The number of hydrogen-bond donors (Lipinski definition) is 1. The Hall–Kier alpha value is -3.15. The first-order chi connectivity index (χ1) is 13.5. The van der Waals surface area contributed by atoms with Crippen molar-refractivity contribution >= 4 is 22.9 Å². The Morgan fingerprint density at radius 2 is 1.79 bits per heavy atom. The van der Waals surface area contributed by atoms with Crippen molar-refractivity contribution in [2.45, 2.75) is 39.3 Å². The number of hydrogen-bond acceptors (Lipinski definition) is 4. The Bertz CT molecular complexity index is 948. The van der Waals surface area contributed by atoms with Crippen LogP contribution in [0.5, 0.6) is 0 Å². The number of nitrogens with zero attached hydrogens (tertiary/aromatic N) is 2. The second kappa shape index (κ2) is 9.17. The van der Waals surface area contributed by atoms with Gasteiger partial charge in [0.25, 0.3) is 0 Å². The summed E-state index contributed by atoms with van der Waals surface area (Å²) in [5.41, 5.74) is 2.68. The molecule has 0 aliphatic rings. The molecule has 6 nitrogen and oxygen atoms in total. The van der Waals surface area contributed by atoms with Crippen molar-refractivity contribution in [1.29, 1.82) is 0 Å². The predicted molar refractivity (Wildman–Crippen MR) is 108 cm³/mol. The second-order valence-electron chi connectivity index (χ2n) is 6.90. The van der Waals surface area contributed by atoms with Gasteiger partial charge in [0.15, 0.2) is 0 Å². The van der Waals surface area contributed by atoms with Crippen LogP contribution < -0.4 is 5.32 Å². The van der Waals surface area contributed by atoms with Gasteiger partial charge in [0, 0.05) is 13.0 Å². The Morgan fingerprint density at radius 3 is 2.54 bits per heavy atom. The highest BCUT2D eigenvalue weighted by molar-refractivity contribution is 5.79. The molecule has 0 unspecified atom stereocenters. The van der Waals surface area contributed by atoms with E-state index in [-0.39, 0.29) is 24.5 Å². The first-order valence-corrected chi connectivity index (χ1v) is 9.47. The van der Waals surface area contributed by atoms with Gasteiger partial charge in [-0.15, -0.1) is 0 Å². The van der Waals surface area contributed by atoms with E-state index >= 15 is 0 Å². The normalized spacial score (nSPS) is 11.0. The summed E-state index contributed by atoms with van der Waals surface area (Å²) in [5, 5.41) is 2.93. The predicted octanol–water partition coefficient (Wildman–Crippen LogP) is 2.89. The molecule has 1 heterocycles. The van der Waals surface area contributed by atoms with Crippen LogP contribution in [0.25, 0.3) is 11.0 Å². The number of rotatable bonds is 8. The van der Waals surface area contributed by atoms with E-state index in [9.17, 15) is 9.59 Å². The molecular weight excluding hydrogens is 354 g/mol. The standard InChI is InChI=1S/C22H25N3O3/c1-16(2)28-22(27)15-25-19-11-7-6-10-18(19)24-20(25)12-13-23-21(26)14-17-8-4-3-5-9-17/h3-11,16H,12-15H2,1-2H3,(H,23,26). The van der Waals surface area contributed by atoms with E-state index in [1.165, 1.54) is 0 Å². The Morgan fingerprint density at radius 1 is 1.07 bits per heavy atom. The Kier molecular flexibility index (Phi) is 6.42. The number of esters is 1. The summed E-state index contributed by atoms with van der Waals surface area (Å²) in [6.07, 6.45) is 0.713. The van der Waals surface area contributed by atoms with E-state index in [1.54, 1.807) is 0 Å². The van der Waals surface area contributed by atoms with Crippen molar-refractivity contribution in [2.75, 3.05) is 6.54 Å². The number of ether oxygens (including phenoxy) is 1. The molecule has 1 aromatic heterocycles. The molecule has 3 aromatic rings. The fourth-order valence-corrected chi connectivity index (χ4v) is 3.08. The van der Waals surface area contributed by atoms with E-state index in [0.29, 0.717) is 19.4 Å². The number of amides is 1. The molecule has 0 aliphatic carbocycles. The minimum absolute atomic E-state index is 0.0342. The van der Waals surface area contributed by atoms with Crippen LogP contribution in [0.1, 0.15) is 25.2 Å². The van der Waals surface area contributed by atoms with Crippen molar-refractivity contribution in [1.82, 2.24) is 14.9 Å². The maximum atomic E-state index is 12.2. The van der Waals surface area contributed by atoms with Crippen molar-refractivity contribution in [3.63, 3.8) is 0 Å². The number of aromatic nitrogens is 2. The molecule has 0 saturated carbocycles. The van der Waals surface area contributed by atoms with Crippen LogP contribution in [0.15, 0.2) is 54.6 Å². The van der Waals surface area contributed by atoms with Gasteiger partial charge in [0.1, 0.15) is 12.4 Å². The minimum Gasteiger partial charge on any atom is -0.462 e. The van der Waals surface area contributed by atoms with Crippen LogP contribution in [-0.4, -0.2) is 34.1 Å². The van der Waals surface area contributed by atoms with Gasteiger partial charge < -0.3 is 14.6 Å². The lowest BCUT2D eigenvalue weighted by Crippen LogP contribution is -2.28. The minimum atomic E-state index is -0.299. The van der Waals surface area contributed by atoms with Crippen LogP contribution >= 0.6 is 0 Å². The average Bonchev–Trinajstić information content (AvgIpc) is 2.99. The molecule has 0 aliphatic heterocycles. The van der Waals surface area contributed by atoms with Crippen molar-refractivity contribution < 1.29 is 14.3 Å². The van der Waals surface area contributed by atoms with Crippen molar-refractivity contribution in [3.05, 3.63) is 66.0 Å². The summed E-state index contributed by atoms with van der Waals surface area (Å²) in [5.74, 6) is 0.419. The maximum Gasteiger partial charge on any atom is 0.326 e. The summed E-state index contributed by atoms with van der Waals surface area (Å²) in [6.45, 7) is 4.21. The number of fused-ring (bicyclic) bond motifs is 1. The molecule has 0 fully saturated rings. The fraction of sp³-hybridized carbons (Fsp3) is 0.318. The molecule has 28 heavy (non-hydrogen) atoms. The smallest absolute Gasteiger partial charge is 0.326 e. The van der Waals surface area contributed by atoms with E-state index in [4.69, 9.17) is 4.74 Å². The number of para-hydroxylation sites is 2. The van der Waals surface area contributed by atoms with Crippen molar-refractivity contribution in [3.8, 4) is 0 Å². The summed E-state index contributed by atoms with van der Waals surface area (Å²) < 4.78 is 7.14. The summed E-state index contributed by atoms with van der Waals surface area (Å²) in [4.78, 5) is 28.9. The van der Waals surface area contributed by atoms with Gasteiger partial charge in [-0.2, -0.15) is 0 Å². The number of carbonyl (C=O) groups is 2. The second-order valence-corrected chi connectivity index (χ2v) is 6.90. The van der Waals surface area contributed by atoms with Gasteiger partial charge in [-0.3, -0.25) is 9.59 Å². The highest BCUT2D eigenvalue weighted by Gasteiger charge is 2.15. The molecule has 6 heteroatoms. The van der Waals surface area contributed by atoms with Crippen LogP contribution in [0.3, 0.4) is 0 Å². The molecule has 0 atom stereocenters. The molecule has 0 bridgehead atoms.